The number of unbranched alkanes of at least 4 members (excludes halogenated alkanes) is 12. The van der Waals surface area contributed by atoms with Gasteiger partial charge in [-0.2, -0.15) is 0 Å². The fourth-order valence-electron chi connectivity index (χ4n) is 3.40. The van der Waals surface area contributed by atoms with Crippen molar-refractivity contribution in [3.8, 4) is 0 Å². The minimum atomic E-state index is -0.942. The van der Waals surface area contributed by atoms with Crippen molar-refractivity contribution in [3.05, 3.63) is 24.3 Å². The van der Waals surface area contributed by atoms with Gasteiger partial charge in [0.25, 0.3) is 0 Å². The van der Waals surface area contributed by atoms with E-state index in [4.69, 9.17) is 0 Å². The molecule has 28 heavy (non-hydrogen) atoms. The number of carboxylic acids is 1. The molecular weight excluding hydrogens is 357 g/mol. The number of hydrogen-bond donors (Lipinski definition) is 0. The van der Waals surface area contributed by atoms with Gasteiger partial charge in [-0.1, -0.05) is 75.7 Å². The summed E-state index contributed by atoms with van der Waals surface area (Å²) in [4.78, 5) is 13.0. The molecule has 0 heterocycles. The summed E-state index contributed by atoms with van der Waals surface area (Å²) in [5.41, 5.74) is 0. The third kappa shape index (κ3) is 23.9. The van der Waals surface area contributed by atoms with Crippen LogP contribution in [0.5, 0.6) is 0 Å². The van der Waals surface area contributed by atoms with Crippen LogP contribution >= 0.6 is 0 Å². The minimum absolute atomic E-state index is 0. The van der Waals surface area contributed by atoms with Gasteiger partial charge in [-0.15, -0.1) is 0 Å². The predicted molar refractivity (Wildman–Crippen MR) is 116 cm³/mol. The fraction of sp³-hybridized carbons (Fsp3) is 0.792. The standard InChI is InChI=1S/C24H45NO2.Na/c1-3-5-7-9-11-13-15-17-19-21-25(23-24(26)27)22-20-18-16-14-12-10-8-6-4-2;/h3-6H,7-23H2,1-2H3,(H,26,27);/q;+1/p-1/b5-3+,6-4+;. The summed E-state index contributed by atoms with van der Waals surface area (Å²) in [5, 5.41) is 11.0. The van der Waals surface area contributed by atoms with Crippen LogP contribution in [0.2, 0.25) is 0 Å². The van der Waals surface area contributed by atoms with E-state index < -0.39 is 5.97 Å². The Hall–Kier alpha value is -0.0900. The van der Waals surface area contributed by atoms with Gasteiger partial charge in [0.05, 0.1) is 5.97 Å². The molecule has 0 saturated heterocycles. The summed E-state index contributed by atoms with van der Waals surface area (Å²) in [6, 6.07) is 0. The van der Waals surface area contributed by atoms with Gasteiger partial charge in [0, 0.05) is 6.54 Å². The van der Waals surface area contributed by atoms with E-state index in [1.165, 1.54) is 77.0 Å². The van der Waals surface area contributed by atoms with E-state index in [0.29, 0.717) is 0 Å². The Morgan fingerprint density at radius 1 is 0.679 bits per heavy atom. The topological polar surface area (TPSA) is 43.4 Å². The molecule has 3 nitrogen and oxygen atoms in total. The van der Waals surface area contributed by atoms with Crippen molar-refractivity contribution in [1.82, 2.24) is 4.90 Å². The molecule has 4 heteroatoms. The first-order chi connectivity index (χ1) is 13.2. The van der Waals surface area contributed by atoms with Gasteiger partial charge in [-0.05, 0) is 65.5 Å². The number of rotatable bonds is 20. The van der Waals surface area contributed by atoms with Gasteiger partial charge in [-0.3, -0.25) is 4.90 Å². The Morgan fingerprint density at radius 3 is 1.39 bits per heavy atom. The molecule has 0 atom stereocenters. The zero-order valence-corrected chi connectivity index (χ0v) is 21.1. The van der Waals surface area contributed by atoms with Gasteiger partial charge < -0.3 is 9.90 Å². The summed E-state index contributed by atoms with van der Waals surface area (Å²) in [6.45, 7) is 6.04. The average Bonchev–Trinajstić information content (AvgIpc) is 2.64. The van der Waals surface area contributed by atoms with Crippen LogP contribution in [0.25, 0.3) is 0 Å². The van der Waals surface area contributed by atoms with Crippen LogP contribution < -0.4 is 34.7 Å². The van der Waals surface area contributed by atoms with Gasteiger partial charge in [-0.25, -0.2) is 0 Å². The maximum atomic E-state index is 11.0. The Bertz CT molecular complexity index is 355. The molecule has 0 aromatic rings. The van der Waals surface area contributed by atoms with Crippen LogP contribution in [0.4, 0.5) is 0 Å². The van der Waals surface area contributed by atoms with Crippen molar-refractivity contribution >= 4 is 5.97 Å². The van der Waals surface area contributed by atoms with Crippen molar-refractivity contribution in [2.24, 2.45) is 0 Å². The average molecular weight is 402 g/mol. The SMILES string of the molecule is C/C=C/CCCCCCCCN(CCCCCCCC/C=C/C)CC(=O)[O-].[Na+]. The van der Waals surface area contributed by atoms with E-state index in [1.807, 2.05) is 0 Å². The molecule has 0 unspecified atom stereocenters. The van der Waals surface area contributed by atoms with E-state index in [2.05, 4.69) is 43.1 Å². The molecule has 158 valence electrons. The summed E-state index contributed by atoms with van der Waals surface area (Å²) < 4.78 is 0. The number of carbonyl (C=O) groups excluding carboxylic acids is 1. The molecule has 0 bridgehead atoms. The number of allylic oxidation sites excluding steroid dienone is 4. The van der Waals surface area contributed by atoms with E-state index in [0.717, 1.165) is 25.9 Å². The first-order valence-corrected chi connectivity index (χ1v) is 11.3. The van der Waals surface area contributed by atoms with Gasteiger partial charge in [0.2, 0.25) is 0 Å². The molecule has 0 radical (unpaired) electrons. The molecule has 0 aliphatic carbocycles. The number of aliphatic carboxylic acids is 1. The molecule has 0 N–H and O–H groups in total. The van der Waals surface area contributed by atoms with Crippen LogP contribution in [0.15, 0.2) is 24.3 Å². The number of hydrogen-bond acceptors (Lipinski definition) is 3. The molecule has 0 spiro atoms. The van der Waals surface area contributed by atoms with Crippen molar-refractivity contribution in [2.75, 3.05) is 19.6 Å². The van der Waals surface area contributed by atoms with Crippen LogP contribution in [0, 0.1) is 0 Å². The van der Waals surface area contributed by atoms with Gasteiger partial charge in [0.15, 0.2) is 0 Å². The van der Waals surface area contributed by atoms with E-state index in [9.17, 15) is 9.90 Å². The molecule has 0 aliphatic rings. The monoisotopic (exact) mass is 401 g/mol. The maximum absolute atomic E-state index is 11.0. The van der Waals surface area contributed by atoms with Crippen molar-refractivity contribution in [2.45, 2.75) is 104 Å². The number of nitrogens with zero attached hydrogens (tertiary/aromatic N) is 1. The zero-order valence-electron chi connectivity index (χ0n) is 19.1. The van der Waals surface area contributed by atoms with E-state index in [1.54, 1.807) is 0 Å². The summed E-state index contributed by atoms with van der Waals surface area (Å²) >= 11 is 0. The molecule has 0 aromatic heterocycles. The van der Waals surface area contributed by atoms with Gasteiger partial charge >= 0.3 is 29.6 Å². The molecule has 0 aromatic carbocycles. The van der Waals surface area contributed by atoms with E-state index in [-0.39, 0.29) is 36.1 Å². The summed E-state index contributed by atoms with van der Waals surface area (Å²) in [5.74, 6) is -0.942. The van der Waals surface area contributed by atoms with Gasteiger partial charge in [0.1, 0.15) is 0 Å². The van der Waals surface area contributed by atoms with Crippen LogP contribution in [0.1, 0.15) is 104 Å². The van der Waals surface area contributed by atoms with Crippen molar-refractivity contribution in [3.63, 3.8) is 0 Å². The third-order valence-corrected chi connectivity index (χ3v) is 5.01. The third-order valence-electron chi connectivity index (χ3n) is 5.01. The second-order valence-electron chi connectivity index (χ2n) is 7.61. The molecular formula is C24H44NNaO2. The Balaban J connectivity index is 0. The van der Waals surface area contributed by atoms with E-state index >= 15 is 0 Å². The normalized spacial score (nSPS) is 11.5. The second-order valence-corrected chi connectivity index (χ2v) is 7.61. The zero-order chi connectivity index (χ0) is 20.0. The van der Waals surface area contributed by atoms with Crippen LogP contribution in [-0.2, 0) is 4.79 Å². The van der Waals surface area contributed by atoms with Crippen molar-refractivity contribution < 1.29 is 39.5 Å². The quantitative estimate of drug-likeness (QED) is 0.179. The number of carboxylic acid groups (broad SMARTS) is 1. The second kappa shape index (κ2) is 24.9. The first kappa shape index (κ1) is 30.1. The van der Waals surface area contributed by atoms with Crippen molar-refractivity contribution in [1.29, 1.82) is 0 Å². The number of carbonyl (C=O) groups is 1. The maximum Gasteiger partial charge on any atom is 1.00 e. The molecule has 0 aliphatic heterocycles. The molecule has 0 amide bonds. The largest absolute Gasteiger partial charge is 1.00 e. The fourth-order valence-corrected chi connectivity index (χ4v) is 3.40. The Labute approximate surface area is 197 Å². The minimum Gasteiger partial charge on any atom is -0.549 e. The molecule has 0 fully saturated rings. The van der Waals surface area contributed by atoms with Crippen LogP contribution in [0.3, 0.4) is 0 Å². The smallest absolute Gasteiger partial charge is 0.549 e. The Kier molecular flexibility index (Phi) is 26.8. The predicted octanol–water partition coefficient (Wildman–Crippen LogP) is 2.66. The summed E-state index contributed by atoms with van der Waals surface area (Å²) in [7, 11) is 0. The van der Waals surface area contributed by atoms with Crippen LogP contribution in [-0.4, -0.2) is 30.5 Å². The molecule has 0 rings (SSSR count). The first-order valence-electron chi connectivity index (χ1n) is 11.3. The summed E-state index contributed by atoms with van der Waals surface area (Å²) in [6.07, 6.45) is 26.1. The molecule has 0 saturated carbocycles. The Morgan fingerprint density at radius 2 is 1.04 bits per heavy atom.